The number of piperazine rings is 1. The molecule has 1 saturated heterocycles. The molecule has 35 heavy (non-hydrogen) atoms. The SMILES string of the molecule is C=C/C=C(\C=C)C1C=NC(C(=O)N2CCN(C(=S)c3cccc(C(C)OC)c3)CC2(C)C)=NCC1. The summed E-state index contributed by atoms with van der Waals surface area (Å²) in [4.78, 5) is 27.3. The van der Waals surface area contributed by atoms with Crippen molar-refractivity contribution in [2.24, 2.45) is 15.9 Å². The number of nitrogens with zero attached hydrogens (tertiary/aromatic N) is 4. The molecule has 6 nitrogen and oxygen atoms in total. The number of hydrogen-bond donors (Lipinski definition) is 0. The Morgan fingerprint density at radius 1 is 1.31 bits per heavy atom. The van der Waals surface area contributed by atoms with Gasteiger partial charge in [0.05, 0.1) is 11.6 Å². The second-order valence-electron chi connectivity index (χ2n) is 9.48. The van der Waals surface area contributed by atoms with E-state index >= 15 is 0 Å². The number of amidine groups is 1. The Morgan fingerprint density at radius 3 is 2.74 bits per heavy atom. The Morgan fingerprint density at radius 2 is 2.09 bits per heavy atom. The lowest BCUT2D eigenvalue weighted by Crippen LogP contribution is -2.63. The lowest BCUT2D eigenvalue weighted by molar-refractivity contribution is -0.131. The number of thiocarbonyl (C=S) groups is 1. The molecular formula is C28H36N4O2S. The number of benzene rings is 1. The van der Waals surface area contributed by atoms with Crippen LogP contribution in [-0.4, -0.2) is 71.6 Å². The third kappa shape index (κ3) is 6.21. The summed E-state index contributed by atoms with van der Waals surface area (Å²) in [5, 5.41) is 0. The highest BCUT2D eigenvalue weighted by Gasteiger charge is 2.39. The van der Waals surface area contributed by atoms with Crippen LogP contribution < -0.4 is 0 Å². The average molecular weight is 493 g/mol. The third-order valence-electron chi connectivity index (χ3n) is 6.63. The van der Waals surface area contributed by atoms with Gasteiger partial charge in [0.1, 0.15) is 4.99 Å². The highest BCUT2D eigenvalue weighted by atomic mass is 32.1. The third-order valence-corrected chi connectivity index (χ3v) is 7.13. The van der Waals surface area contributed by atoms with E-state index in [4.69, 9.17) is 17.0 Å². The van der Waals surface area contributed by atoms with Gasteiger partial charge in [-0.25, -0.2) is 4.99 Å². The molecule has 2 heterocycles. The number of rotatable bonds is 7. The van der Waals surface area contributed by atoms with Crippen molar-refractivity contribution in [1.29, 1.82) is 0 Å². The van der Waals surface area contributed by atoms with Crippen LogP contribution in [0.15, 0.2) is 71.2 Å². The van der Waals surface area contributed by atoms with Gasteiger partial charge >= 0.3 is 0 Å². The van der Waals surface area contributed by atoms with E-state index in [0.29, 0.717) is 26.2 Å². The van der Waals surface area contributed by atoms with Crippen LogP contribution in [0.1, 0.15) is 44.4 Å². The zero-order valence-electron chi connectivity index (χ0n) is 21.2. The summed E-state index contributed by atoms with van der Waals surface area (Å²) >= 11 is 5.86. The molecule has 186 valence electrons. The Bertz CT molecular complexity index is 1070. The van der Waals surface area contributed by atoms with Crippen molar-refractivity contribution in [2.45, 2.75) is 38.8 Å². The number of ether oxygens (including phenoxy) is 1. The normalized spacial score (nSPS) is 21.1. The van der Waals surface area contributed by atoms with Crippen molar-refractivity contribution in [2.75, 3.05) is 33.3 Å². The summed E-state index contributed by atoms with van der Waals surface area (Å²) in [6.45, 7) is 16.2. The van der Waals surface area contributed by atoms with Crippen LogP contribution in [0.2, 0.25) is 0 Å². The molecule has 2 unspecified atom stereocenters. The molecule has 2 aliphatic rings. The van der Waals surface area contributed by atoms with Crippen molar-refractivity contribution in [3.8, 4) is 0 Å². The molecule has 0 radical (unpaired) electrons. The highest BCUT2D eigenvalue weighted by Crippen LogP contribution is 2.25. The lowest BCUT2D eigenvalue weighted by atomic mass is 9.96. The molecule has 1 fully saturated rings. The van der Waals surface area contributed by atoms with Crippen molar-refractivity contribution >= 4 is 35.2 Å². The summed E-state index contributed by atoms with van der Waals surface area (Å²) in [5.74, 6) is 0.194. The van der Waals surface area contributed by atoms with Gasteiger partial charge in [0.2, 0.25) is 5.84 Å². The first-order valence-corrected chi connectivity index (χ1v) is 12.4. The maximum absolute atomic E-state index is 13.5. The van der Waals surface area contributed by atoms with Gasteiger partial charge in [-0.3, -0.25) is 9.79 Å². The number of aliphatic imine (C=N–C) groups is 2. The summed E-state index contributed by atoms with van der Waals surface area (Å²) in [5.41, 5.74) is 2.67. The Hall–Kier alpha value is -2.90. The van der Waals surface area contributed by atoms with Crippen molar-refractivity contribution in [1.82, 2.24) is 9.80 Å². The van der Waals surface area contributed by atoms with Crippen LogP contribution in [0, 0.1) is 5.92 Å². The fourth-order valence-corrected chi connectivity index (χ4v) is 4.79. The fraction of sp³-hybridized carbons (Fsp3) is 0.429. The van der Waals surface area contributed by atoms with E-state index in [9.17, 15) is 4.79 Å². The summed E-state index contributed by atoms with van der Waals surface area (Å²) in [7, 11) is 1.70. The first-order valence-electron chi connectivity index (χ1n) is 12.0. The molecule has 2 aliphatic heterocycles. The van der Waals surface area contributed by atoms with E-state index in [0.717, 1.165) is 28.1 Å². The zero-order valence-corrected chi connectivity index (χ0v) is 22.1. The minimum atomic E-state index is -0.435. The van der Waals surface area contributed by atoms with Gasteiger partial charge in [0.15, 0.2) is 0 Å². The minimum Gasteiger partial charge on any atom is -0.377 e. The Labute approximate surface area is 214 Å². The number of carbonyl (C=O) groups excluding carboxylic acids is 1. The topological polar surface area (TPSA) is 57.5 Å². The van der Waals surface area contributed by atoms with E-state index in [1.165, 1.54) is 0 Å². The van der Waals surface area contributed by atoms with E-state index in [1.54, 1.807) is 13.2 Å². The predicted octanol–water partition coefficient (Wildman–Crippen LogP) is 4.78. The van der Waals surface area contributed by atoms with Gasteiger partial charge in [-0.15, -0.1) is 0 Å². The lowest BCUT2D eigenvalue weighted by Gasteiger charge is -2.47. The molecule has 1 aromatic rings. The van der Waals surface area contributed by atoms with E-state index in [-0.39, 0.29) is 23.8 Å². The van der Waals surface area contributed by atoms with Gasteiger partial charge in [0.25, 0.3) is 5.91 Å². The van der Waals surface area contributed by atoms with Gasteiger partial charge in [-0.05, 0) is 44.4 Å². The van der Waals surface area contributed by atoms with Gasteiger partial charge in [-0.2, -0.15) is 0 Å². The van der Waals surface area contributed by atoms with Crippen molar-refractivity contribution in [3.05, 3.63) is 72.4 Å². The van der Waals surface area contributed by atoms with Crippen molar-refractivity contribution < 1.29 is 9.53 Å². The summed E-state index contributed by atoms with van der Waals surface area (Å²) in [6, 6.07) is 8.17. The fourth-order valence-electron chi connectivity index (χ4n) is 4.51. The van der Waals surface area contributed by atoms with Gasteiger partial charge < -0.3 is 14.5 Å². The Balaban J connectivity index is 1.72. The average Bonchev–Trinajstić information content (AvgIpc) is 3.11. The van der Waals surface area contributed by atoms with Crippen LogP contribution in [0.25, 0.3) is 0 Å². The molecule has 3 rings (SSSR count). The number of carbonyl (C=O) groups is 1. The van der Waals surface area contributed by atoms with Crippen molar-refractivity contribution in [3.63, 3.8) is 0 Å². The van der Waals surface area contributed by atoms with E-state index in [1.807, 2.05) is 48.4 Å². The molecule has 1 amide bonds. The van der Waals surface area contributed by atoms with Crippen LogP contribution >= 0.6 is 12.2 Å². The molecule has 0 bridgehead atoms. The van der Waals surface area contributed by atoms with Gasteiger partial charge in [-0.1, -0.05) is 61.8 Å². The molecule has 2 atom stereocenters. The molecule has 7 heteroatoms. The highest BCUT2D eigenvalue weighted by molar-refractivity contribution is 7.80. The standard InChI is InChI=1S/C28H36N4O2S/c1-7-10-21(8-2)24-13-14-29-25(30-18-24)26(33)32-16-15-31(19-28(32,4)5)27(35)23-12-9-11-22(17-23)20(3)34-6/h7-12,17-18,20,24H,1-2,13-16,19H2,3-6H3/b21-10+. The smallest absolute Gasteiger partial charge is 0.291 e. The number of allylic oxidation sites excluding steroid dienone is 4. The molecule has 0 N–H and O–H groups in total. The van der Waals surface area contributed by atoms with E-state index < -0.39 is 5.54 Å². The first kappa shape index (κ1) is 26.7. The largest absolute Gasteiger partial charge is 0.377 e. The van der Waals surface area contributed by atoms with Crippen LogP contribution in [0.3, 0.4) is 0 Å². The molecule has 0 aromatic heterocycles. The molecule has 0 spiro atoms. The Kier molecular flexibility index (Phi) is 8.92. The first-order chi connectivity index (χ1) is 16.7. The molecular weight excluding hydrogens is 456 g/mol. The zero-order chi connectivity index (χ0) is 25.6. The van der Waals surface area contributed by atoms with Crippen LogP contribution in [-0.2, 0) is 9.53 Å². The summed E-state index contributed by atoms with van der Waals surface area (Å²) < 4.78 is 5.46. The summed E-state index contributed by atoms with van der Waals surface area (Å²) in [6.07, 6.45) is 8.06. The predicted molar refractivity (Wildman–Crippen MR) is 148 cm³/mol. The van der Waals surface area contributed by atoms with E-state index in [2.05, 4.69) is 48.0 Å². The maximum atomic E-state index is 13.5. The number of amides is 1. The van der Waals surface area contributed by atoms with Crippen LogP contribution in [0.4, 0.5) is 0 Å². The second-order valence-corrected chi connectivity index (χ2v) is 9.87. The molecule has 1 aromatic carbocycles. The van der Waals surface area contributed by atoms with Gasteiger partial charge in [0, 0.05) is 51.0 Å². The maximum Gasteiger partial charge on any atom is 0.291 e. The quantitative estimate of drug-likeness (QED) is 0.406. The molecule has 0 saturated carbocycles. The number of hydrogen-bond acceptors (Lipinski definition) is 5. The number of methoxy groups -OCH3 is 1. The van der Waals surface area contributed by atoms with Crippen LogP contribution in [0.5, 0.6) is 0 Å². The monoisotopic (exact) mass is 492 g/mol. The second kappa shape index (κ2) is 11.7. The molecule has 0 aliphatic carbocycles. The minimum absolute atomic E-state index is 0.000942.